The van der Waals surface area contributed by atoms with E-state index < -0.39 is 5.41 Å². The van der Waals surface area contributed by atoms with Gasteiger partial charge in [-0.15, -0.1) is 0 Å². The van der Waals surface area contributed by atoms with Crippen LogP contribution in [0.5, 0.6) is 11.5 Å². The van der Waals surface area contributed by atoms with Crippen molar-refractivity contribution in [3.05, 3.63) is 162 Å². The van der Waals surface area contributed by atoms with Gasteiger partial charge in [0.15, 0.2) is 0 Å². The highest BCUT2D eigenvalue weighted by Gasteiger charge is 2.51. The number of hydrogen-bond acceptors (Lipinski definition) is 1. The number of fused-ring (bicyclic) bond motifs is 12. The van der Waals surface area contributed by atoms with Gasteiger partial charge >= 0.3 is 0 Å². The number of rotatable bonds is 1. The lowest BCUT2D eigenvalue weighted by atomic mass is 9.66. The van der Waals surface area contributed by atoms with Crippen molar-refractivity contribution in [1.82, 2.24) is 4.57 Å². The molecule has 2 heteroatoms. The zero-order chi connectivity index (χ0) is 25.6. The van der Waals surface area contributed by atoms with E-state index in [9.17, 15) is 0 Å². The molecule has 0 fully saturated rings. The fourth-order valence-electron chi connectivity index (χ4n) is 7.17. The van der Waals surface area contributed by atoms with Crippen LogP contribution in [0.3, 0.4) is 0 Å². The summed E-state index contributed by atoms with van der Waals surface area (Å²) in [6.07, 6.45) is 0. The molecule has 2 nitrogen and oxygen atoms in total. The highest BCUT2D eigenvalue weighted by atomic mass is 16.5. The Morgan fingerprint density at radius 3 is 1.82 bits per heavy atom. The Balaban J connectivity index is 1.49. The summed E-state index contributed by atoms with van der Waals surface area (Å²) in [4.78, 5) is 0. The lowest BCUT2D eigenvalue weighted by molar-refractivity contribution is 0.436. The zero-order valence-corrected chi connectivity index (χ0v) is 21.1. The Kier molecular flexibility index (Phi) is 4.02. The molecule has 0 unspecified atom stereocenters. The average Bonchev–Trinajstić information content (AvgIpc) is 3.47. The van der Waals surface area contributed by atoms with Crippen molar-refractivity contribution in [2.24, 2.45) is 0 Å². The van der Waals surface area contributed by atoms with Gasteiger partial charge in [0, 0.05) is 27.6 Å². The van der Waals surface area contributed by atoms with Crippen molar-refractivity contribution in [3.63, 3.8) is 0 Å². The smallest absolute Gasteiger partial charge is 0.132 e. The van der Waals surface area contributed by atoms with Gasteiger partial charge in [0.2, 0.25) is 0 Å². The van der Waals surface area contributed by atoms with Crippen molar-refractivity contribution < 1.29 is 4.74 Å². The minimum absolute atomic E-state index is 0.457. The summed E-state index contributed by atoms with van der Waals surface area (Å²) >= 11 is 0. The Labute approximate surface area is 226 Å². The van der Waals surface area contributed by atoms with E-state index in [1.165, 1.54) is 60.9 Å². The van der Waals surface area contributed by atoms with Crippen molar-refractivity contribution in [1.29, 1.82) is 0 Å². The summed E-state index contributed by atoms with van der Waals surface area (Å²) in [7, 11) is 0. The molecule has 7 aromatic rings. The number of aromatic nitrogens is 1. The third-order valence-corrected chi connectivity index (χ3v) is 8.65. The third kappa shape index (κ3) is 2.56. The second kappa shape index (κ2) is 7.49. The number of ether oxygens (including phenoxy) is 1. The molecule has 182 valence electrons. The predicted octanol–water partition coefficient (Wildman–Crippen LogP) is 9.25. The van der Waals surface area contributed by atoms with Crippen LogP contribution in [0.2, 0.25) is 0 Å². The first-order valence-electron chi connectivity index (χ1n) is 13.5. The standard InChI is InChI=1S/C37H23NO/c1-2-12-24(13-3-1)38-33-19-9-5-15-26(33)28-22-32-27(23-34(28)38)25-14-4-6-16-29(25)37(32)30-17-7-10-20-35(30)39-36-21-11-8-18-31(36)37/h1-23H. The zero-order valence-electron chi connectivity index (χ0n) is 21.1. The highest BCUT2D eigenvalue weighted by Crippen LogP contribution is 2.62. The third-order valence-electron chi connectivity index (χ3n) is 8.65. The van der Waals surface area contributed by atoms with Crippen LogP contribution in [-0.4, -0.2) is 4.57 Å². The van der Waals surface area contributed by atoms with E-state index in [4.69, 9.17) is 4.74 Å². The van der Waals surface area contributed by atoms with Gasteiger partial charge in [0.1, 0.15) is 11.5 Å². The van der Waals surface area contributed by atoms with E-state index in [0.29, 0.717) is 0 Å². The topological polar surface area (TPSA) is 14.2 Å². The van der Waals surface area contributed by atoms with Crippen LogP contribution < -0.4 is 4.74 Å². The molecule has 1 spiro atoms. The Morgan fingerprint density at radius 1 is 0.436 bits per heavy atom. The van der Waals surface area contributed by atoms with Gasteiger partial charge in [-0.05, 0) is 64.7 Å². The van der Waals surface area contributed by atoms with Gasteiger partial charge < -0.3 is 9.30 Å². The lowest BCUT2D eigenvalue weighted by Gasteiger charge is -2.39. The molecule has 0 saturated carbocycles. The fraction of sp³-hybridized carbons (Fsp3) is 0.0270. The van der Waals surface area contributed by atoms with Gasteiger partial charge in [-0.3, -0.25) is 0 Å². The van der Waals surface area contributed by atoms with E-state index in [1.807, 2.05) is 0 Å². The van der Waals surface area contributed by atoms with E-state index in [-0.39, 0.29) is 0 Å². The first-order chi connectivity index (χ1) is 19.4. The second-order valence-electron chi connectivity index (χ2n) is 10.5. The van der Waals surface area contributed by atoms with E-state index in [1.54, 1.807) is 0 Å². The monoisotopic (exact) mass is 497 g/mol. The maximum Gasteiger partial charge on any atom is 0.132 e. The van der Waals surface area contributed by atoms with Gasteiger partial charge in [-0.1, -0.05) is 97.1 Å². The molecule has 9 rings (SSSR count). The van der Waals surface area contributed by atoms with Crippen molar-refractivity contribution in [2.75, 3.05) is 0 Å². The molecule has 6 aromatic carbocycles. The predicted molar refractivity (Wildman–Crippen MR) is 158 cm³/mol. The summed E-state index contributed by atoms with van der Waals surface area (Å²) in [5.74, 6) is 1.84. The Morgan fingerprint density at radius 2 is 1.05 bits per heavy atom. The molecule has 1 aromatic heterocycles. The highest BCUT2D eigenvalue weighted by molar-refractivity contribution is 6.12. The molecule has 0 saturated heterocycles. The molecular formula is C37H23NO. The quantitative estimate of drug-likeness (QED) is 0.220. The molecule has 39 heavy (non-hydrogen) atoms. The van der Waals surface area contributed by atoms with Gasteiger partial charge in [0.25, 0.3) is 0 Å². The second-order valence-corrected chi connectivity index (χ2v) is 10.5. The fourth-order valence-corrected chi connectivity index (χ4v) is 7.17. The van der Waals surface area contributed by atoms with Crippen LogP contribution in [0, 0.1) is 0 Å². The van der Waals surface area contributed by atoms with Crippen LogP contribution >= 0.6 is 0 Å². The van der Waals surface area contributed by atoms with E-state index in [0.717, 1.165) is 11.5 Å². The summed E-state index contributed by atoms with van der Waals surface area (Å²) in [5, 5.41) is 2.53. The van der Waals surface area contributed by atoms with Gasteiger partial charge in [0.05, 0.1) is 16.4 Å². The van der Waals surface area contributed by atoms with Crippen LogP contribution in [0.15, 0.2) is 140 Å². The lowest BCUT2D eigenvalue weighted by Crippen LogP contribution is -2.32. The molecule has 1 aliphatic heterocycles. The molecule has 0 radical (unpaired) electrons. The molecule has 0 N–H and O–H groups in total. The number of nitrogens with zero attached hydrogens (tertiary/aromatic N) is 1. The van der Waals surface area contributed by atoms with Crippen molar-refractivity contribution in [3.8, 4) is 28.3 Å². The summed E-state index contributed by atoms with van der Waals surface area (Å²) in [6, 6.07) is 50.4. The molecule has 0 bridgehead atoms. The minimum Gasteiger partial charge on any atom is -0.457 e. The van der Waals surface area contributed by atoms with Crippen molar-refractivity contribution in [2.45, 2.75) is 5.41 Å². The van der Waals surface area contributed by atoms with Crippen molar-refractivity contribution >= 4 is 21.8 Å². The normalized spacial score (nSPS) is 14.1. The van der Waals surface area contributed by atoms with Crippen LogP contribution in [0.4, 0.5) is 0 Å². The van der Waals surface area contributed by atoms with Gasteiger partial charge in [-0.2, -0.15) is 0 Å². The van der Waals surface area contributed by atoms with E-state index in [2.05, 4.69) is 144 Å². The Hall–Kier alpha value is -5.08. The van der Waals surface area contributed by atoms with Crippen LogP contribution in [0.1, 0.15) is 22.3 Å². The summed E-state index contributed by atoms with van der Waals surface area (Å²) in [5.41, 5.74) is 10.7. The van der Waals surface area contributed by atoms with Crippen LogP contribution in [-0.2, 0) is 5.41 Å². The average molecular weight is 498 g/mol. The summed E-state index contributed by atoms with van der Waals surface area (Å²) < 4.78 is 8.92. The SMILES string of the molecule is c1ccc(-n2c3ccccc3c3cc4c(cc32)-c2ccccc2C42c3ccccc3Oc3ccccc32)cc1. The number of para-hydroxylation sites is 4. The summed E-state index contributed by atoms with van der Waals surface area (Å²) in [6.45, 7) is 0. The van der Waals surface area contributed by atoms with Crippen LogP contribution in [0.25, 0.3) is 38.6 Å². The molecule has 2 aliphatic rings. The van der Waals surface area contributed by atoms with Gasteiger partial charge in [-0.25, -0.2) is 0 Å². The first-order valence-corrected chi connectivity index (χ1v) is 13.5. The molecule has 2 heterocycles. The number of hydrogen-bond donors (Lipinski definition) is 0. The number of benzene rings is 6. The molecule has 0 atom stereocenters. The van der Waals surface area contributed by atoms with E-state index >= 15 is 0 Å². The minimum atomic E-state index is -0.457. The molecule has 0 amide bonds. The first kappa shape index (κ1) is 20.9. The Bertz CT molecular complexity index is 2050. The maximum absolute atomic E-state index is 6.51. The largest absolute Gasteiger partial charge is 0.457 e. The maximum atomic E-state index is 6.51. The molecule has 1 aliphatic carbocycles. The molecular weight excluding hydrogens is 474 g/mol.